The largest absolute Gasteiger partial charge is 0.283 e. The van der Waals surface area contributed by atoms with Crippen molar-refractivity contribution in [3.63, 3.8) is 0 Å². The fourth-order valence-electron chi connectivity index (χ4n) is 2.61. The molecule has 0 fully saturated rings. The molecule has 6 heteroatoms. The quantitative estimate of drug-likeness (QED) is 0.811. The lowest BCUT2D eigenvalue weighted by Gasteiger charge is -2.20. The van der Waals surface area contributed by atoms with Gasteiger partial charge in [-0.25, -0.2) is 0 Å². The van der Waals surface area contributed by atoms with Crippen molar-refractivity contribution in [2.75, 3.05) is 0 Å². The molecule has 0 unspecified atom stereocenters. The maximum absolute atomic E-state index is 12.4. The van der Waals surface area contributed by atoms with E-state index in [1.165, 1.54) is 22.3 Å². The van der Waals surface area contributed by atoms with E-state index < -0.39 is 0 Å². The Bertz CT molecular complexity index is 803. The zero-order valence-electron chi connectivity index (χ0n) is 14.9. The minimum Gasteiger partial charge on any atom is -0.282 e. The standard InChI is InChI=1S/C19H22N4OS/c1-11(2)9-16-22-23-17(20)15(18(24)21-19(23)25-16)10-13-5-7-14(8-6-13)12(3)4/h5-8,10-12,20H,9H2,1-4H3/b15-10-,20-17?. The summed E-state index contributed by atoms with van der Waals surface area (Å²) in [6.45, 7) is 8.51. The molecule has 25 heavy (non-hydrogen) atoms. The Hall–Kier alpha value is -2.21. The monoisotopic (exact) mass is 354 g/mol. The van der Waals surface area contributed by atoms with Gasteiger partial charge >= 0.3 is 0 Å². The number of aliphatic imine (C=N–C) groups is 1. The summed E-state index contributed by atoms with van der Waals surface area (Å²) in [5, 5.41) is 15.7. The van der Waals surface area contributed by atoms with E-state index in [-0.39, 0.29) is 17.3 Å². The first kappa shape index (κ1) is 17.6. The Kier molecular flexibility index (Phi) is 4.90. The highest BCUT2D eigenvalue weighted by molar-refractivity contribution is 8.26. The van der Waals surface area contributed by atoms with E-state index >= 15 is 0 Å². The number of hydrazone groups is 1. The van der Waals surface area contributed by atoms with Gasteiger partial charge in [0.05, 0.1) is 5.57 Å². The van der Waals surface area contributed by atoms with Gasteiger partial charge in [-0.3, -0.25) is 10.2 Å². The van der Waals surface area contributed by atoms with Crippen molar-refractivity contribution >= 4 is 39.8 Å². The number of carbonyl (C=O) groups excluding carboxylic acids is 1. The third-order valence-corrected chi connectivity index (χ3v) is 4.92. The van der Waals surface area contributed by atoms with Crippen LogP contribution in [-0.4, -0.2) is 27.0 Å². The van der Waals surface area contributed by atoms with Crippen molar-refractivity contribution in [1.82, 2.24) is 5.01 Å². The molecule has 1 amide bonds. The Labute approximate surface area is 152 Å². The predicted octanol–water partition coefficient (Wildman–Crippen LogP) is 4.48. The Morgan fingerprint density at radius 3 is 2.48 bits per heavy atom. The highest BCUT2D eigenvalue weighted by Crippen LogP contribution is 2.30. The average Bonchev–Trinajstić information content (AvgIpc) is 2.93. The Balaban J connectivity index is 1.87. The van der Waals surface area contributed by atoms with E-state index in [0.29, 0.717) is 17.0 Å². The fourth-order valence-corrected chi connectivity index (χ4v) is 3.70. The molecule has 2 aliphatic rings. The third kappa shape index (κ3) is 3.74. The van der Waals surface area contributed by atoms with Crippen molar-refractivity contribution in [2.24, 2.45) is 16.0 Å². The van der Waals surface area contributed by atoms with Crippen LogP contribution in [0.1, 0.15) is 51.2 Å². The first-order valence-corrected chi connectivity index (χ1v) is 9.26. The summed E-state index contributed by atoms with van der Waals surface area (Å²) in [5.41, 5.74) is 2.40. The minimum absolute atomic E-state index is 0.0918. The van der Waals surface area contributed by atoms with Gasteiger partial charge < -0.3 is 0 Å². The normalized spacial score (nSPS) is 19.0. The topological polar surface area (TPSA) is 68.9 Å². The Morgan fingerprint density at radius 2 is 1.88 bits per heavy atom. The van der Waals surface area contributed by atoms with Gasteiger partial charge in [0.2, 0.25) is 5.17 Å². The van der Waals surface area contributed by atoms with E-state index in [1.807, 2.05) is 24.3 Å². The summed E-state index contributed by atoms with van der Waals surface area (Å²) in [5.74, 6) is 0.637. The van der Waals surface area contributed by atoms with E-state index in [1.54, 1.807) is 6.08 Å². The number of thioether (sulfide) groups is 1. The van der Waals surface area contributed by atoms with E-state index in [0.717, 1.165) is 17.0 Å². The van der Waals surface area contributed by atoms with Gasteiger partial charge in [-0.05, 0) is 40.8 Å². The predicted molar refractivity (Wildman–Crippen MR) is 105 cm³/mol. The summed E-state index contributed by atoms with van der Waals surface area (Å²) < 4.78 is 0. The number of carbonyl (C=O) groups is 1. The van der Waals surface area contributed by atoms with Crippen LogP contribution >= 0.6 is 11.8 Å². The lowest BCUT2D eigenvalue weighted by Crippen LogP contribution is -2.35. The molecular weight excluding hydrogens is 332 g/mol. The molecule has 0 aromatic heterocycles. The summed E-state index contributed by atoms with van der Waals surface area (Å²) in [6.07, 6.45) is 2.53. The number of amides is 1. The van der Waals surface area contributed by atoms with Gasteiger partial charge in [0.15, 0.2) is 5.84 Å². The number of benzene rings is 1. The van der Waals surface area contributed by atoms with Crippen LogP contribution < -0.4 is 0 Å². The second kappa shape index (κ2) is 6.96. The third-order valence-electron chi connectivity index (χ3n) is 3.99. The van der Waals surface area contributed by atoms with Crippen LogP contribution in [0, 0.1) is 11.3 Å². The van der Waals surface area contributed by atoms with Crippen LogP contribution in [0.25, 0.3) is 6.08 Å². The molecule has 0 radical (unpaired) electrons. The number of nitrogens with zero attached hydrogens (tertiary/aromatic N) is 3. The maximum atomic E-state index is 12.4. The van der Waals surface area contributed by atoms with Crippen LogP contribution in [0.2, 0.25) is 0 Å². The van der Waals surface area contributed by atoms with Crippen LogP contribution in [0.4, 0.5) is 0 Å². The van der Waals surface area contributed by atoms with Gasteiger partial charge in [0.1, 0.15) is 5.04 Å². The molecular formula is C19H22N4OS. The lowest BCUT2D eigenvalue weighted by atomic mass is 10.0. The van der Waals surface area contributed by atoms with Gasteiger partial charge in [0.25, 0.3) is 5.91 Å². The molecule has 0 saturated carbocycles. The van der Waals surface area contributed by atoms with Crippen molar-refractivity contribution in [2.45, 2.75) is 40.0 Å². The Morgan fingerprint density at radius 1 is 1.20 bits per heavy atom. The van der Waals surface area contributed by atoms with Crippen LogP contribution in [0.15, 0.2) is 39.9 Å². The number of hydrogen-bond donors (Lipinski definition) is 1. The lowest BCUT2D eigenvalue weighted by molar-refractivity contribution is -0.114. The van der Waals surface area contributed by atoms with E-state index in [4.69, 9.17) is 5.41 Å². The molecule has 0 bridgehead atoms. The molecule has 0 aliphatic carbocycles. The molecule has 2 aliphatic heterocycles. The van der Waals surface area contributed by atoms with Crippen molar-refractivity contribution in [3.8, 4) is 0 Å². The van der Waals surface area contributed by atoms with Gasteiger partial charge in [-0.15, -0.1) is 0 Å². The van der Waals surface area contributed by atoms with Crippen LogP contribution in [0.5, 0.6) is 0 Å². The van der Waals surface area contributed by atoms with Crippen molar-refractivity contribution in [3.05, 3.63) is 41.0 Å². The van der Waals surface area contributed by atoms with Gasteiger partial charge in [-0.1, -0.05) is 52.0 Å². The fraction of sp³-hybridized carbons (Fsp3) is 0.368. The highest BCUT2D eigenvalue weighted by Gasteiger charge is 2.35. The minimum atomic E-state index is -0.377. The number of fused-ring (bicyclic) bond motifs is 1. The highest BCUT2D eigenvalue weighted by atomic mass is 32.2. The van der Waals surface area contributed by atoms with Gasteiger partial charge in [0, 0.05) is 6.42 Å². The molecule has 0 spiro atoms. The summed E-state index contributed by atoms with van der Waals surface area (Å²) in [7, 11) is 0. The van der Waals surface area contributed by atoms with Crippen molar-refractivity contribution in [1.29, 1.82) is 5.41 Å². The first-order valence-electron chi connectivity index (χ1n) is 8.44. The molecule has 5 nitrogen and oxygen atoms in total. The molecule has 1 N–H and O–H groups in total. The maximum Gasteiger partial charge on any atom is 0.283 e. The van der Waals surface area contributed by atoms with Crippen LogP contribution in [-0.2, 0) is 4.79 Å². The molecule has 2 heterocycles. The summed E-state index contributed by atoms with van der Waals surface area (Å²) in [4.78, 5) is 16.5. The second-order valence-corrected chi connectivity index (χ2v) is 7.97. The molecule has 0 saturated heterocycles. The molecule has 1 aromatic rings. The SMILES string of the molecule is CC(C)CC1=NN2C(=N)/C(=C/c3ccc(C(C)C)cc3)C(=O)N=C2S1. The number of rotatable bonds is 4. The molecule has 1 aromatic carbocycles. The smallest absolute Gasteiger partial charge is 0.282 e. The average molecular weight is 354 g/mol. The zero-order chi connectivity index (χ0) is 18.1. The number of nitrogens with one attached hydrogen (secondary N) is 1. The second-order valence-electron chi connectivity index (χ2n) is 6.93. The first-order chi connectivity index (χ1) is 11.8. The van der Waals surface area contributed by atoms with E-state index in [2.05, 4.69) is 37.8 Å². The number of amidine groups is 2. The van der Waals surface area contributed by atoms with E-state index in [9.17, 15) is 4.79 Å². The summed E-state index contributed by atoms with van der Waals surface area (Å²) >= 11 is 1.38. The zero-order valence-corrected chi connectivity index (χ0v) is 15.7. The molecule has 0 atom stereocenters. The van der Waals surface area contributed by atoms with Crippen molar-refractivity contribution < 1.29 is 4.79 Å². The van der Waals surface area contributed by atoms with Crippen LogP contribution in [0.3, 0.4) is 0 Å². The molecule has 130 valence electrons. The van der Waals surface area contributed by atoms with Gasteiger partial charge in [-0.2, -0.15) is 15.1 Å². The number of hydrogen-bond acceptors (Lipinski definition) is 4. The molecule has 3 rings (SSSR count). The summed E-state index contributed by atoms with van der Waals surface area (Å²) in [6, 6.07) is 8.03.